The number of rotatable bonds is 5. The molecule has 0 radical (unpaired) electrons. The summed E-state index contributed by atoms with van der Waals surface area (Å²) in [6.07, 6.45) is 1.48. The number of aromatic amines is 1. The number of benzene rings is 1. The number of hydrogen-bond donors (Lipinski definition) is 4. The van der Waals surface area contributed by atoms with Crippen LogP contribution in [0.3, 0.4) is 0 Å². The van der Waals surface area contributed by atoms with Crippen LogP contribution in [0.2, 0.25) is 0 Å². The zero-order valence-electron chi connectivity index (χ0n) is 12.1. The number of carboxylic acid groups (broad SMARTS) is 2. The van der Waals surface area contributed by atoms with Crippen LogP contribution in [0, 0.1) is 0 Å². The van der Waals surface area contributed by atoms with Crippen LogP contribution in [0.1, 0.15) is 31.4 Å². The van der Waals surface area contributed by atoms with Gasteiger partial charge >= 0.3 is 11.9 Å². The molecule has 1 atom stereocenters. The molecule has 6 heteroatoms. The molecular weight excluding hydrogens is 272 g/mol. The fraction of sp³-hybridized carbons (Fsp3) is 0.333. The van der Waals surface area contributed by atoms with Gasteiger partial charge in [0.2, 0.25) is 0 Å². The number of carbonyl (C=O) groups is 2. The highest BCUT2D eigenvalue weighted by Crippen LogP contribution is 2.22. The normalized spacial score (nSPS) is 11.5. The van der Waals surface area contributed by atoms with Crippen LogP contribution in [-0.4, -0.2) is 34.2 Å². The van der Waals surface area contributed by atoms with Crippen molar-refractivity contribution in [3.05, 3.63) is 36.0 Å². The lowest BCUT2D eigenvalue weighted by molar-refractivity contribution is -0.143. The van der Waals surface area contributed by atoms with Gasteiger partial charge in [-0.1, -0.05) is 18.2 Å². The molecule has 0 saturated carbocycles. The average Bonchev–Trinajstić information content (AvgIpc) is 2.89. The summed E-state index contributed by atoms with van der Waals surface area (Å²) in [4.78, 5) is 22.5. The lowest BCUT2D eigenvalue weighted by atomic mass is 10.1. The molecule has 1 heterocycles. The molecule has 2 rings (SSSR count). The van der Waals surface area contributed by atoms with Crippen molar-refractivity contribution >= 4 is 22.8 Å². The summed E-state index contributed by atoms with van der Waals surface area (Å²) < 4.78 is 0. The maximum Gasteiger partial charge on any atom is 0.303 e. The number of aromatic nitrogens is 1. The van der Waals surface area contributed by atoms with Crippen molar-refractivity contribution in [1.82, 2.24) is 10.3 Å². The van der Waals surface area contributed by atoms with Gasteiger partial charge in [-0.05, 0) is 25.6 Å². The Hall–Kier alpha value is -2.34. The topological polar surface area (TPSA) is 102 Å². The predicted molar refractivity (Wildman–Crippen MR) is 80.3 cm³/mol. The molecule has 114 valence electrons. The average molecular weight is 292 g/mol. The van der Waals surface area contributed by atoms with Crippen LogP contribution in [0.5, 0.6) is 0 Å². The van der Waals surface area contributed by atoms with Crippen LogP contribution in [-0.2, 0) is 9.59 Å². The van der Waals surface area contributed by atoms with Crippen molar-refractivity contribution < 1.29 is 19.8 Å². The van der Waals surface area contributed by atoms with Gasteiger partial charge in [-0.25, -0.2) is 0 Å². The van der Waals surface area contributed by atoms with E-state index in [-0.39, 0.29) is 12.8 Å². The fourth-order valence-corrected chi connectivity index (χ4v) is 1.82. The summed E-state index contributed by atoms with van der Waals surface area (Å²) in [7, 11) is 1.98. The second-order valence-corrected chi connectivity index (χ2v) is 4.59. The van der Waals surface area contributed by atoms with Gasteiger partial charge in [0, 0.05) is 23.1 Å². The minimum absolute atomic E-state index is 0.296. The molecular formula is C15H20N2O4. The third-order valence-electron chi connectivity index (χ3n) is 3.07. The highest BCUT2D eigenvalue weighted by molar-refractivity contribution is 5.83. The third kappa shape index (κ3) is 5.27. The molecule has 2 aromatic rings. The van der Waals surface area contributed by atoms with Crippen molar-refractivity contribution in [3.63, 3.8) is 0 Å². The standard InChI is InChI=1S/C11H14N2.C4H6O4/c1-8(12-2)10-7-13-11-6-4-3-5-9(10)11;5-3(6)1-2-4(7)8/h3-8,12-13H,1-2H3;1-2H2,(H,5,6)(H,7,8). The Morgan fingerprint density at radius 3 is 2.29 bits per heavy atom. The number of hydrogen-bond acceptors (Lipinski definition) is 3. The smallest absolute Gasteiger partial charge is 0.303 e. The van der Waals surface area contributed by atoms with E-state index in [2.05, 4.69) is 41.6 Å². The number of nitrogens with one attached hydrogen (secondary N) is 2. The zero-order valence-corrected chi connectivity index (χ0v) is 12.1. The Morgan fingerprint density at radius 1 is 1.19 bits per heavy atom. The summed E-state index contributed by atoms with van der Waals surface area (Å²) in [6, 6.07) is 8.77. The van der Waals surface area contributed by atoms with Gasteiger partial charge in [-0.2, -0.15) is 0 Å². The van der Waals surface area contributed by atoms with Crippen molar-refractivity contribution in [1.29, 1.82) is 0 Å². The van der Waals surface area contributed by atoms with Crippen LogP contribution in [0.25, 0.3) is 10.9 Å². The summed E-state index contributed by atoms with van der Waals surface area (Å²) in [5.41, 5.74) is 2.54. The van der Waals surface area contributed by atoms with Crippen molar-refractivity contribution in [2.24, 2.45) is 0 Å². The van der Waals surface area contributed by atoms with Gasteiger partial charge < -0.3 is 20.5 Å². The van der Waals surface area contributed by atoms with E-state index >= 15 is 0 Å². The second-order valence-electron chi connectivity index (χ2n) is 4.59. The predicted octanol–water partition coefficient (Wildman–Crippen LogP) is 2.38. The molecule has 0 bridgehead atoms. The minimum Gasteiger partial charge on any atom is -0.481 e. The van der Waals surface area contributed by atoms with E-state index in [1.165, 1.54) is 16.5 Å². The van der Waals surface area contributed by atoms with Crippen molar-refractivity contribution in [2.75, 3.05) is 7.05 Å². The number of carboxylic acids is 2. The van der Waals surface area contributed by atoms with Crippen LogP contribution >= 0.6 is 0 Å². The summed E-state index contributed by atoms with van der Waals surface area (Å²) in [5, 5.41) is 20.3. The maximum atomic E-state index is 9.64. The quantitative estimate of drug-likeness (QED) is 0.677. The Morgan fingerprint density at radius 2 is 1.76 bits per heavy atom. The number of fused-ring (bicyclic) bond motifs is 1. The first-order valence-electron chi connectivity index (χ1n) is 6.62. The van der Waals surface area contributed by atoms with Crippen LogP contribution in [0.15, 0.2) is 30.5 Å². The lowest BCUT2D eigenvalue weighted by Crippen LogP contribution is -2.11. The number of para-hydroxylation sites is 1. The molecule has 1 aromatic heterocycles. The number of H-pyrrole nitrogens is 1. The Labute approximate surface area is 122 Å². The SMILES string of the molecule is CNC(C)c1c[nH]c2ccccc12.O=C(O)CCC(=O)O. The molecule has 0 spiro atoms. The molecule has 0 aliphatic heterocycles. The van der Waals surface area contributed by atoms with Gasteiger partial charge in [-0.15, -0.1) is 0 Å². The largest absolute Gasteiger partial charge is 0.481 e. The Kier molecular flexibility index (Phi) is 6.42. The first-order chi connectivity index (χ1) is 9.95. The first kappa shape index (κ1) is 16.7. The molecule has 0 aliphatic carbocycles. The second kappa shape index (κ2) is 8.06. The van der Waals surface area contributed by atoms with Crippen molar-refractivity contribution in [3.8, 4) is 0 Å². The molecule has 6 nitrogen and oxygen atoms in total. The number of aliphatic carboxylic acids is 2. The highest BCUT2D eigenvalue weighted by atomic mass is 16.4. The molecule has 1 aromatic carbocycles. The van der Waals surface area contributed by atoms with E-state index in [9.17, 15) is 9.59 Å². The molecule has 0 saturated heterocycles. The van der Waals surface area contributed by atoms with E-state index in [4.69, 9.17) is 10.2 Å². The lowest BCUT2D eigenvalue weighted by Gasteiger charge is -2.07. The van der Waals surface area contributed by atoms with Crippen LogP contribution < -0.4 is 5.32 Å². The van der Waals surface area contributed by atoms with E-state index in [1.807, 2.05) is 13.1 Å². The molecule has 4 N–H and O–H groups in total. The van der Waals surface area contributed by atoms with Gasteiger partial charge in [-0.3, -0.25) is 9.59 Å². The summed E-state index contributed by atoms with van der Waals surface area (Å²) in [6.45, 7) is 2.16. The van der Waals surface area contributed by atoms with Gasteiger partial charge in [0.1, 0.15) is 0 Å². The molecule has 1 unspecified atom stereocenters. The summed E-state index contributed by atoms with van der Waals surface area (Å²) in [5.74, 6) is -2.15. The first-order valence-corrected chi connectivity index (χ1v) is 6.62. The molecule has 0 amide bonds. The third-order valence-corrected chi connectivity index (χ3v) is 3.07. The van der Waals surface area contributed by atoms with Crippen LogP contribution in [0.4, 0.5) is 0 Å². The summed E-state index contributed by atoms with van der Waals surface area (Å²) >= 11 is 0. The Balaban J connectivity index is 0.000000240. The van der Waals surface area contributed by atoms with E-state index in [1.54, 1.807) is 0 Å². The van der Waals surface area contributed by atoms with Gasteiger partial charge in [0.25, 0.3) is 0 Å². The minimum atomic E-state index is -1.08. The zero-order chi connectivity index (χ0) is 15.8. The fourth-order valence-electron chi connectivity index (χ4n) is 1.82. The molecule has 0 fully saturated rings. The van der Waals surface area contributed by atoms with E-state index < -0.39 is 11.9 Å². The highest BCUT2D eigenvalue weighted by Gasteiger charge is 2.07. The monoisotopic (exact) mass is 292 g/mol. The van der Waals surface area contributed by atoms with Crippen molar-refractivity contribution in [2.45, 2.75) is 25.8 Å². The van der Waals surface area contributed by atoms with E-state index in [0.29, 0.717) is 6.04 Å². The molecule has 21 heavy (non-hydrogen) atoms. The van der Waals surface area contributed by atoms with Gasteiger partial charge in [0.05, 0.1) is 12.8 Å². The maximum absolute atomic E-state index is 9.64. The Bertz CT molecular complexity index is 592. The van der Waals surface area contributed by atoms with Gasteiger partial charge in [0.15, 0.2) is 0 Å². The van der Waals surface area contributed by atoms with E-state index in [0.717, 1.165) is 0 Å². The molecule has 0 aliphatic rings.